The van der Waals surface area contributed by atoms with E-state index in [2.05, 4.69) is 11.1 Å². The Kier molecular flexibility index (Phi) is 13.1. The molecule has 0 bridgehead atoms. The molecule has 0 spiro atoms. The van der Waals surface area contributed by atoms with Gasteiger partial charge in [-0.25, -0.2) is 8.42 Å². The van der Waals surface area contributed by atoms with Crippen LogP contribution in [0.1, 0.15) is 39.0 Å². The van der Waals surface area contributed by atoms with Crippen LogP contribution in [0.4, 0.5) is 0 Å². The fourth-order valence-electron chi connectivity index (χ4n) is 0.867. The van der Waals surface area contributed by atoms with Gasteiger partial charge in [0.1, 0.15) is 0 Å². The van der Waals surface area contributed by atoms with Crippen molar-refractivity contribution in [1.29, 1.82) is 0 Å². The van der Waals surface area contributed by atoms with Crippen LogP contribution < -0.4 is 51.4 Å². The minimum Gasteiger partial charge on any atom is -0.726 e. The summed E-state index contributed by atoms with van der Waals surface area (Å²) < 4.78 is 33.9. The average Bonchev–Trinajstić information content (AvgIpc) is 1.94. The zero-order valence-electron chi connectivity index (χ0n) is 8.28. The Labute approximate surface area is 123 Å². The smallest absolute Gasteiger partial charge is 0.726 e. The summed E-state index contributed by atoms with van der Waals surface area (Å²) in [6.45, 7) is 2.12. The molecule has 0 radical (unpaired) electrons. The first kappa shape index (κ1) is 16.9. The van der Waals surface area contributed by atoms with E-state index in [9.17, 15) is 13.0 Å². The summed E-state index contributed by atoms with van der Waals surface area (Å²) in [5.74, 6) is 0. The van der Waals surface area contributed by atoms with Gasteiger partial charge in [0.2, 0.25) is 10.4 Å². The molecule has 0 aliphatic rings. The van der Waals surface area contributed by atoms with Crippen LogP contribution in [0.15, 0.2) is 0 Å². The van der Waals surface area contributed by atoms with Crippen molar-refractivity contribution in [2.45, 2.75) is 39.0 Å². The molecule has 0 fully saturated rings. The van der Waals surface area contributed by atoms with Gasteiger partial charge in [0.25, 0.3) is 0 Å². The third-order valence-electron chi connectivity index (χ3n) is 1.48. The normalized spacial score (nSPS) is 10.9. The number of rotatable bonds is 7. The molecule has 0 atom stereocenters. The number of unbranched alkanes of at least 4 members (excludes halogenated alkanes) is 4. The monoisotopic (exact) mass is 234 g/mol. The van der Waals surface area contributed by atoms with Gasteiger partial charge in [0.15, 0.2) is 0 Å². The minimum absolute atomic E-state index is 0. The van der Waals surface area contributed by atoms with Gasteiger partial charge in [0.05, 0.1) is 6.61 Å². The largest absolute Gasteiger partial charge is 1.00 e. The Balaban J connectivity index is 0. The van der Waals surface area contributed by atoms with Gasteiger partial charge in [-0.15, -0.1) is 0 Å². The topological polar surface area (TPSA) is 66.4 Å². The van der Waals surface area contributed by atoms with Crippen molar-refractivity contribution in [2.24, 2.45) is 0 Å². The molecule has 0 aromatic carbocycles. The molecule has 0 rings (SSSR count). The SMILES string of the molecule is CCCCCCCOS(=O)(=O)[O-].[K+]. The minimum atomic E-state index is -4.47. The zero-order chi connectivity index (χ0) is 9.45. The van der Waals surface area contributed by atoms with E-state index in [1.165, 1.54) is 0 Å². The second kappa shape index (κ2) is 10.0. The summed E-state index contributed by atoms with van der Waals surface area (Å²) in [6, 6.07) is 0. The van der Waals surface area contributed by atoms with Gasteiger partial charge in [-0.2, -0.15) is 0 Å². The quantitative estimate of drug-likeness (QED) is 0.231. The maximum Gasteiger partial charge on any atom is 1.00 e. The van der Waals surface area contributed by atoms with Crippen molar-refractivity contribution in [3.63, 3.8) is 0 Å². The van der Waals surface area contributed by atoms with Crippen molar-refractivity contribution in [2.75, 3.05) is 6.61 Å². The molecule has 0 aliphatic heterocycles. The van der Waals surface area contributed by atoms with Crippen LogP contribution in [-0.4, -0.2) is 19.6 Å². The van der Waals surface area contributed by atoms with Crippen molar-refractivity contribution in [3.05, 3.63) is 0 Å². The van der Waals surface area contributed by atoms with Gasteiger partial charge in [-0.1, -0.05) is 32.6 Å². The van der Waals surface area contributed by atoms with E-state index in [0.717, 1.165) is 25.7 Å². The fraction of sp³-hybridized carbons (Fsp3) is 1.00. The molecule has 13 heavy (non-hydrogen) atoms. The van der Waals surface area contributed by atoms with Crippen molar-refractivity contribution >= 4 is 10.4 Å². The molecule has 4 nitrogen and oxygen atoms in total. The van der Waals surface area contributed by atoms with Gasteiger partial charge in [-0.05, 0) is 6.42 Å². The number of hydrogen-bond acceptors (Lipinski definition) is 4. The Bertz CT molecular complexity index is 191. The van der Waals surface area contributed by atoms with Crippen LogP contribution in [0.25, 0.3) is 0 Å². The molecule has 0 aromatic rings. The standard InChI is InChI=1S/C7H16O4S.K/c1-2-3-4-5-6-7-11-12(8,9)10;/h2-7H2,1H3,(H,8,9,10);/q;+1/p-1. The van der Waals surface area contributed by atoms with E-state index >= 15 is 0 Å². The molecule has 0 aromatic heterocycles. The molecule has 0 N–H and O–H groups in total. The maximum atomic E-state index is 9.94. The fourth-order valence-corrected chi connectivity index (χ4v) is 1.19. The Hall–Kier alpha value is 1.51. The predicted molar refractivity (Wildman–Crippen MR) is 44.4 cm³/mol. The molecule has 0 saturated heterocycles. The molecule has 6 heteroatoms. The number of hydrogen-bond donors (Lipinski definition) is 0. The summed E-state index contributed by atoms with van der Waals surface area (Å²) in [7, 11) is -4.47. The van der Waals surface area contributed by atoms with E-state index in [1.807, 2.05) is 0 Å². The molecule has 74 valence electrons. The third kappa shape index (κ3) is 16.2. The van der Waals surface area contributed by atoms with Gasteiger partial charge in [0, 0.05) is 0 Å². The summed E-state index contributed by atoms with van der Waals surface area (Å²) in [6.07, 6.45) is 4.91. The Morgan fingerprint density at radius 1 is 1.15 bits per heavy atom. The molecular weight excluding hydrogens is 219 g/mol. The second-order valence-corrected chi connectivity index (χ2v) is 3.70. The van der Waals surface area contributed by atoms with E-state index in [-0.39, 0.29) is 58.0 Å². The van der Waals surface area contributed by atoms with Crippen molar-refractivity contribution in [1.82, 2.24) is 0 Å². The first-order valence-corrected chi connectivity index (χ1v) is 5.50. The molecule has 0 unspecified atom stereocenters. The second-order valence-electron chi connectivity index (χ2n) is 2.64. The van der Waals surface area contributed by atoms with Gasteiger partial charge in [-0.3, -0.25) is 4.18 Å². The first-order valence-electron chi connectivity index (χ1n) is 4.16. The van der Waals surface area contributed by atoms with E-state index in [4.69, 9.17) is 0 Å². The van der Waals surface area contributed by atoms with Crippen LogP contribution in [0.3, 0.4) is 0 Å². The van der Waals surface area contributed by atoms with E-state index < -0.39 is 10.4 Å². The summed E-state index contributed by atoms with van der Waals surface area (Å²) in [4.78, 5) is 0. The zero-order valence-corrected chi connectivity index (χ0v) is 12.2. The first-order chi connectivity index (χ1) is 5.56. The molecule has 0 amide bonds. The van der Waals surface area contributed by atoms with Gasteiger partial charge < -0.3 is 4.55 Å². The maximum absolute atomic E-state index is 9.94. The van der Waals surface area contributed by atoms with Crippen LogP contribution >= 0.6 is 0 Å². The van der Waals surface area contributed by atoms with Crippen LogP contribution in [0.5, 0.6) is 0 Å². The van der Waals surface area contributed by atoms with Crippen molar-refractivity contribution < 1.29 is 68.5 Å². The predicted octanol–water partition coefficient (Wildman–Crippen LogP) is -1.56. The molecular formula is C7H15KO4S. The van der Waals surface area contributed by atoms with Crippen molar-refractivity contribution in [3.8, 4) is 0 Å². The third-order valence-corrected chi connectivity index (χ3v) is 1.93. The van der Waals surface area contributed by atoms with Crippen LogP contribution in [-0.2, 0) is 14.6 Å². The molecule has 0 heterocycles. The van der Waals surface area contributed by atoms with Crippen LogP contribution in [0.2, 0.25) is 0 Å². The van der Waals surface area contributed by atoms with E-state index in [0.29, 0.717) is 6.42 Å². The Morgan fingerprint density at radius 3 is 2.15 bits per heavy atom. The summed E-state index contributed by atoms with van der Waals surface area (Å²) >= 11 is 0. The summed E-state index contributed by atoms with van der Waals surface area (Å²) in [5.41, 5.74) is 0. The molecule has 0 aliphatic carbocycles. The average molecular weight is 234 g/mol. The van der Waals surface area contributed by atoms with Crippen LogP contribution in [0, 0.1) is 0 Å². The Morgan fingerprint density at radius 2 is 1.69 bits per heavy atom. The van der Waals surface area contributed by atoms with E-state index in [1.54, 1.807) is 0 Å². The summed E-state index contributed by atoms with van der Waals surface area (Å²) in [5, 5.41) is 0. The van der Waals surface area contributed by atoms with Gasteiger partial charge >= 0.3 is 51.4 Å². The molecule has 0 saturated carbocycles.